The number of hydrogen-bond donors (Lipinski definition) is 1. The summed E-state index contributed by atoms with van der Waals surface area (Å²) in [6.07, 6.45) is -0.278. The molecule has 1 N–H and O–H groups in total. The van der Waals surface area contributed by atoms with E-state index in [1.54, 1.807) is 13.8 Å². The number of benzene rings is 3. The summed E-state index contributed by atoms with van der Waals surface area (Å²) in [5, 5.41) is 2.81. The van der Waals surface area contributed by atoms with Crippen LogP contribution in [-0.4, -0.2) is 23.9 Å². The van der Waals surface area contributed by atoms with Gasteiger partial charge in [0.1, 0.15) is 16.4 Å². The highest BCUT2D eigenvalue weighted by molar-refractivity contribution is 8.04. The molecule has 0 aliphatic carbocycles. The van der Waals surface area contributed by atoms with Gasteiger partial charge in [-0.25, -0.2) is 14.1 Å². The first-order chi connectivity index (χ1) is 16.7. The number of anilines is 2. The van der Waals surface area contributed by atoms with Crippen LogP contribution in [0, 0.1) is 5.82 Å². The minimum atomic E-state index is -0.600. The normalized spacial score (nSPS) is 13.6. The largest absolute Gasteiger partial charge is 0.459 e. The standard InChI is InChI=1S/C26H20ClFN2O4S/c1-15(2)34-26(33)16-8-11-18(12-9-16)30-24(31)22(29-17-10-13-21(28)20(27)14-17)23(25(30)32)35-19-6-4-3-5-7-19/h3-15,29H,1-2H3. The lowest BCUT2D eigenvalue weighted by Gasteiger charge is -2.16. The van der Waals surface area contributed by atoms with E-state index in [1.807, 2.05) is 30.3 Å². The van der Waals surface area contributed by atoms with E-state index in [-0.39, 0.29) is 21.7 Å². The van der Waals surface area contributed by atoms with Crippen LogP contribution in [0.25, 0.3) is 0 Å². The summed E-state index contributed by atoms with van der Waals surface area (Å²) >= 11 is 7.03. The minimum absolute atomic E-state index is 0.0369. The topological polar surface area (TPSA) is 75.7 Å². The van der Waals surface area contributed by atoms with Crippen molar-refractivity contribution in [1.29, 1.82) is 0 Å². The van der Waals surface area contributed by atoms with Crippen molar-refractivity contribution in [2.45, 2.75) is 24.8 Å². The quantitative estimate of drug-likeness (QED) is 0.309. The van der Waals surface area contributed by atoms with Gasteiger partial charge in [0.2, 0.25) is 0 Å². The van der Waals surface area contributed by atoms with E-state index in [9.17, 15) is 18.8 Å². The van der Waals surface area contributed by atoms with E-state index >= 15 is 0 Å². The smallest absolute Gasteiger partial charge is 0.338 e. The fourth-order valence-corrected chi connectivity index (χ4v) is 4.43. The van der Waals surface area contributed by atoms with Crippen molar-refractivity contribution in [1.82, 2.24) is 0 Å². The monoisotopic (exact) mass is 510 g/mol. The number of carbonyl (C=O) groups is 3. The Morgan fingerprint density at radius 1 is 1.00 bits per heavy atom. The fraction of sp³-hybridized carbons (Fsp3) is 0.115. The molecule has 4 rings (SSSR count). The average molecular weight is 511 g/mol. The van der Waals surface area contributed by atoms with Gasteiger partial charge in [0, 0.05) is 10.6 Å². The fourth-order valence-electron chi connectivity index (χ4n) is 3.30. The van der Waals surface area contributed by atoms with Crippen LogP contribution in [-0.2, 0) is 14.3 Å². The van der Waals surface area contributed by atoms with E-state index < -0.39 is 23.6 Å². The number of thioether (sulfide) groups is 1. The predicted octanol–water partition coefficient (Wildman–Crippen LogP) is 6.03. The number of halogens is 2. The molecular formula is C26H20ClFN2O4S. The lowest BCUT2D eigenvalue weighted by atomic mass is 10.2. The molecular weight excluding hydrogens is 491 g/mol. The van der Waals surface area contributed by atoms with Gasteiger partial charge in [0.05, 0.1) is 22.4 Å². The van der Waals surface area contributed by atoms with Gasteiger partial charge in [-0.15, -0.1) is 0 Å². The Morgan fingerprint density at radius 3 is 2.31 bits per heavy atom. The van der Waals surface area contributed by atoms with Crippen molar-refractivity contribution < 1.29 is 23.5 Å². The maximum Gasteiger partial charge on any atom is 0.338 e. The minimum Gasteiger partial charge on any atom is -0.459 e. The summed E-state index contributed by atoms with van der Waals surface area (Å²) in [5.74, 6) is -2.22. The Hall–Kier alpha value is -3.62. The molecule has 0 radical (unpaired) electrons. The van der Waals surface area contributed by atoms with Crippen molar-refractivity contribution in [3.05, 3.63) is 99.8 Å². The van der Waals surface area contributed by atoms with Gasteiger partial charge in [-0.05, 0) is 68.4 Å². The molecule has 1 aliphatic heterocycles. The van der Waals surface area contributed by atoms with Crippen molar-refractivity contribution in [2.75, 3.05) is 10.2 Å². The second-order valence-corrected chi connectivity index (χ2v) is 9.31. The number of rotatable bonds is 7. The molecule has 6 nitrogen and oxygen atoms in total. The Morgan fingerprint density at radius 2 is 1.69 bits per heavy atom. The molecule has 0 fully saturated rings. The molecule has 1 aliphatic rings. The van der Waals surface area contributed by atoms with Gasteiger partial charge in [0.25, 0.3) is 11.8 Å². The van der Waals surface area contributed by atoms with Gasteiger partial charge in [-0.3, -0.25) is 9.59 Å². The average Bonchev–Trinajstić information content (AvgIpc) is 3.05. The zero-order valence-electron chi connectivity index (χ0n) is 18.7. The number of nitrogens with one attached hydrogen (secondary N) is 1. The van der Waals surface area contributed by atoms with Gasteiger partial charge in [0.15, 0.2) is 0 Å². The Labute approximate surface area is 210 Å². The number of ether oxygens (including phenoxy) is 1. The van der Waals surface area contributed by atoms with Crippen molar-refractivity contribution >= 4 is 52.5 Å². The zero-order valence-corrected chi connectivity index (χ0v) is 20.3. The molecule has 3 aromatic carbocycles. The van der Waals surface area contributed by atoms with E-state index in [2.05, 4.69) is 5.32 Å². The highest BCUT2D eigenvalue weighted by Crippen LogP contribution is 2.38. The predicted molar refractivity (Wildman–Crippen MR) is 134 cm³/mol. The molecule has 35 heavy (non-hydrogen) atoms. The third kappa shape index (κ3) is 5.39. The van der Waals surface area contributed by atoms with Gasteiger partial charge in [-0.1, -0.05) is 41.6 Å². The van der Waals surface area contributed by atoms with Gasteiger partial charge in [-0.2, -0.15) is 0 Å². The Bertz CT molecular complexity index is 1330. The molecule has 0 unspecified atom stereocenters. The molecule has 0 aromatic heterocycles. The van der Waals surface area contributed by atoms with Crippen molar-refractivity contribution in [3.8, 4) is 0 Å². The first kappa shape index (κ1) is 24.5. The highest BCUT2D eigenvalue weighted by Gasteiger charge is 2.40. The molecule has 3 aromatic rings. The summed E-state index contributed by atoms with van der Waals surface area (Å²) in [5.41, 5.74) is 0.982. The number of nitrogens with zero attached hydrogens (tertiary/aromatic N) is 1. The van der Waals surface area contributed by atoms with Gasteiger partial charge < -0.3 is 10.1 Å². The highest BCUT2D eigenvalue weighted by atomic mass is 35.5. The molecule has 9 heteroatoms. The second-order valence-electron chi connectivity index (χ2n) is 7.82. The summed E-state index contributed by atoms with van der Waals surface area (Å²) < 4.78 is 18.8. The number of amides is 2. The molecule has 178 valence electrons. The van der Waals surface area contributed by atoms with Crippen molar-refractivity contribution in [3.63, 3.8) is 0 Å². The Balaban J connectivity index is 1.67. The second kappa shape index (κ2) is 10.3. The molecule has 2 amide bonds. The maximum absolute atomic E-state index is 13.6. The van der Waals surface area contributed by atoms with Crippen LogP contribution in [0.3, 0.4) is 0 Å². The molecule has 0 saturated heterocycles. The van der Waals surface area contributed by atoms with Crippen LogP contribution in [0.4, 0.5) is 15.8 Å². The van der Waals surface area contributed by atoms with Crippen molar-refractivity contribution in [2.24, 2.45) is 0 Å². The maximum atomic E-state index is 13.6. The van der Waals surface area contributed by atoms with Crippen LogP contribution >= 0.6 is 23.4 Å². The van der Waals surface area contributed by atoms with E-state index in [0.717, 1.165) is 21.6 Å². The number of imide groups is 1. The van der Waals surface area contributed by atoms with E-state index in [1.165, 1.54) is 42.5 Å². The van der Waals surface area contributed by atoms with Crippen LogP contribution in [0.2, 0.25) is 5.02 Å². The molecule has 0 saturated carbocycles. The van der Waals surface area contributed by atoms with Crippen LogP contribution in [0.1, 0.15) is 24.2 Å². The first-order valence-electron chi connectivity index (χ1n) is 10.6. The molecule has 1 heterocycles. The third-order valence-electron chi connectivity index (χ3n) is 4.90. The summed E-state index contributed by atoms with van der Waals surface area (Å²) in [7, 11) is 0. The molecule has 0 spiro atoms. The summed E-state index contributed by atoms with van der Waals surface area (Å²) in [6.45, 7) is 3.49. The summed E-state index contributed by atoms with van der Waals surface area (Å²) in [6, 6.07) is 19.1. The number of hydrogen-bond acceptors (Lipinski definition) is 6. The lowest BCUT2D eigenvalue weighted by molar-refractivity contribution is -0.120. The lowest BCUT2D eigenvalue weighted by Crippen LogP contribution is -2.32. The van der Waals surface area contributed by atoms with E-state index in [0.29, 0.717) is 16.9 Å². The zero-order chi connectivity index (χ0) is 25.1. The SMILES string of the molecule is CC(C)OC(=O)c1ccc(N2C(=O)C(Nc3ccc(F)c(Cl)c3)=C(Sc3ccccc3)C2=O)cc1. The van der Waals surface area contributed by atoms with Crippen LogP contribution in [0.5, 0.6) is 0 Å². The molecule has 0 bridgehead atoms. The van der Waals surface area contributed by atoms with Crippen LogP contribution in [0.15, 0.2) is 88.3 Å². The van der Waals surface area contributed by atoms with Gasteiger partial charge >= 0.3 is 5.97 Å². The first-order valence-corrected chi connectivity index (χ1v) is 11.8. The number of carbonyl (C=O) groups excluding carboxylic acids is 3. The Kier molecular flexibility index (Phi) is 7.23. The van der Waals surface area contributed by atoms with Crippen LogP contribution < -0.4 is 10.2 Å². The molecule has 0 atom stereocenters. The third-order valence-corrected chi connectivity index (χ3v) is 6.28. The van der Waals surface area contributed by atoms with E-state index in [4.69, 9.17) is 16.3 Å². The number of esters is 1. The summed E-state index contributed by atoms with van der Waals surface area (Å²) in [4.78, 5) is 40.9.